The number of carbonyl (C=O) groups excluding carboxylic acids is 1. The minimum absolute atomic E-state index is 0.132. The largest absolute Gasteiger partial charge is 0.487 e. The van der Waals surface area contributed by atoms with Crippen molar-refractivity contribution in [3.05, 3.63) is 65.5 Å². The van der Waals surface area contributed by atoms with Crippen molar-refractivity contribution >= 4 is 16.8 Å². The van der Waals surface area contributed by atoms with Crippen molar-refractivity contribution in [2.24, 2.45) is 0 Å². The molecule has 3 aromatic rings. The monoisotopic (exact) mass is 306 g/mol. The van der Waals surface area contributed by atoms with E-state index < -0.39 is 0 Å². The topological polar surface area (TPSA) is 52.1 Å². The van der Waals surface area contributed by atoms with Crippen LogP contribution in [0.2, 0.25) is 0 Å². The third-order valence-electron chi connectivity index (χ3n) is 3.72. The number of para-hydroxylation sites is 2. The zero-order valence-corrected chi connectivity index (χ0v) is 13.2. The number of carbonyl (C=O) groups is 1. The van der Waals surface area contributed by atoms with Gasteiger partial charge in [0.1, 0.15) is 12.4 Å². The van der Waals surface area contributed by atoms with Crippen LogP contribution < -0.4 is 4.74 Å². The van der Waals surface area contributed by atoms with Crippen molar-refractivity contribution in [2.45, 2.75) is 26.9 Å². The van der Waals surface area contributed by atoms with Crippen molar-refractivity contribution in [3.8, 4) is 5.75 Å². The lowest BCUT2D eigenvalue weighted by Crippen LogP contribution is -2.04. The first-order chi connectivity index (χ1) is 11.2. The predicted molar refractivity (Wildman–Crippen MR) is 89.7 cm³/mol. The molecule has 0 aliphatic carbocycles. The van der Waals surface area contributed by atoms with E-state index in [1.54, 1.807) is 12.1 Å². The van der Waals surface area contributed by atoms with E-state index in [4.69, 9.17) is 4.74 Å². The first-order valence-corrected chi connectivity index (χ1v) is 7.65. The molecule has 0 atom stereocenters. The fraction of sp³-hybridized carbons (Fsp3) is 0.211. The van der Waals surface area contributed by atoms with Crippen LogP contribution >= 0.6 is 0 Å². The number of hydrogen-bond donors (Lipinski definition) is 0. The Bertz CT molecular complexity index is 842. The van der Waals surface area contributed by atoms with Gasteiger partial charge in [0.25, 0.3) is 0 Å². The van der Waals surface area contributed by atoms with E-state index in [1.165, 1.54) is 0 Å². The number of Topliss-reactive ketones (excluding diaryl/α,β-unsaturated/α-hetero) is 1. The van der Waals surface area contributed by atoms with Crippen LogP contribution in [-0.4, -0.2) is 15.8 Å². The molecule has 2 aromatic carbocycles. The van der Waals surface area contributed by atoms with Crippen LogP contribution in [0.5, 0.6) is 5.75 Å². The van der Waals surface area contributed by atoms with Crippen molar-refractivity contribution in [2.75, 3.05) is 0 Å². The highest BCUT2D eigenvalue weighted by Gasteiger charge is 2.07. The molecule has 0 bridgehead atoms. The molecule has 0 aliphatic heterocycles. The van der Waals surface area contributed by atoms with Gasteiger partial charge in [0, 0.05) is 12.0 Å². The van der Waals surface area contributed by atoms with Crippen LogP contribution in [0, 0.1) is 6.92 Å². The van der Waals surface area contributed by atoms with Gasteiger partial charge in [-0.25, -0.2) is 9.97 Å². The van der Waals surface area contributed by atoms with Gasteiger partial charge in [0.2, 0.25) is 0 Å². The second-order valence-electron chi connectivity index (χ2n) is 5.33. The SMILES string of the molecule is CCC(=O)c1ccc(OCc2nc3ccccc3nc2C)cc1. The van der Waals surface area contributed by atoms with Gasteiger partial charge in [0.05, 0.1) is 22.4 Å². The lowest BCUT2D eigenvalue weighted by Gasteiger charge is -2.09. The van der Waals surface area contributed by atoms with E-state index in [-0.39, 0.29) is 5.78 Å². The number of ketones is 1. The van der Waals surface area contributed by atoms with Gasteiger partial charge in [-0.15, -0.1) is 0 Å². The maximum atomic E-state index is 11.6. The number of hydrogen-bond acceptors (Lipinski definition) is 4. The molecule has 4 nitrogen and oxygen atoms in total. The summed E-state index contributed by atoms with van der Waals surface area (Å²) in [5.74, 6) is 0.847. The molecule has 1 heterocycles. The molecular weight excluding hydrogens is 288 g/mol. The highest BCUT2D eigenvalue weighted by atomic mass is 16.5. The molecule has 3 rings (SSSR count). The van der Waals surface area contributed by atoms with Crippen molar-refractivity contribution in [3.63, 3.8) is 0 Å². The lowest BCUT2D eigenvalue weighted by atomic mass is 10.1. The molecule has 0 fully saturated rings. The fourth-order valence-electron chi connectivity index (χ4n) is 2.35. The Balaban J connectivity index is 1.75. The van der Waals surface area contributed by atoms with Gasteiger partial charge in [-0.1, -0.05) is 19.1 Å². The third kappa shape index (κ3) is 3.37. The van der Waals surface area contributed by atoms with Crippen LogP contribution in [0.3, 0.4) is 0 Å². The normalized spacial score (nSPS) is 10.7. The Hall–Kier alpha value is -2.75. The summed E-state index contributed by atoms with van der Waals surface area (Å²) < 4.78 is 5.78. The quantitative estimate of drug-likeness (QED) is 0.666. The Morgan fingerprint density at radius 3 is 2.30 bits per heavy atom. The zero-order chi connectivity index (χ0) is 16.2. The summed E-state index contributed by atoms with van der Waals surface area (Å²) in [6.07, 6.45) is 0.506. The van der Waals surface area contributed by atoms with E-state index in [0.717, 1.165) is 22.4 Å². The summed E-state index contributed by atoms with van der Waals surface area (Å²) in [4.78, 5) is 20.8. The van der Waals surface area contributed by atoms with E-state index in [0.29, 0.717) is 24.3 Å². The van der Waals surface area contributed by atoms with Gasteiger partial charge in [-0.2, -0.15) is 0 Å². The van der Waals surface area contributed by atoms with Crippen LogP contribution in [0.15, 0.2) is 48.5 Å². The molecule has 0 unspecified atom stereocenters. The number of nitrogens with zero attached hydrogens (tertiary/aromatic N) is 2. The maximum absolute atomic E-state index is 11.6. The lowest BCUT2D eigenvalue weighted by molar-refractivity contribution is 0.0988. The average molecular weight is 306 g/mol. The number of ether oxygens (including phenoxy) is 1. The second kappa shape index (κ2) is 6.57. The Morgan fingerprint density at radius 2 is 1.65 bits per heavy atom. The maximum Gasteiger partial charge on any atom is 0.162 e. The zero-order valence-electron chi connectivity index (χ0n) is 13.2. The molecule has 0 saturated carbocycles. The first kappa shape index (κ1) is 15.2. The third-order valence-corrected chi connectivity index (χ3v) is 3.72. The number of aryl methyl sites for hydroxylation is 1. The molecule has 4 heteroatoms. The van der Waals surface area contributed by atoms with Crippen molar-refractivity contribution in [1.29, 1.82) is 0 Å². The van der Waals surface area contributed by atoms with Crippen LogP contribution in [0.25, 0.3) is 11.0 Å². The molecule has 1 aromatic heterocycles. The smallest absolute Gasteiger partial charge is 0.162 e. The predicted octanol–water partition coefficient (Wildman–Crippen LogP) is 4.11. The van der Waals surface area contributed by atoms with E-state index in [1.807, 2.05) is 50.2 Å². The Kier molecular flexibility index (Phi) is 4.33. The highest BCUT2D eigenvalue weighted by Crippen LogP contribution is 2.17. The van der Waals surface area contributed by atoms with Crippen LogP contribution in [-0.2, 0) is 6.61 Å². The Labute approximate surface area is 135 Å². The van der Waals surface area contributed by atoms with E-state index in [9.17, 15) is 4.79 Å². The van der Waals surface area contributed by atoms with Gasteiger partial charge >= 0.3 is 0 Å². The minimum atomic E-state index is 0.132. The molecule has 0 radical (unpaired) electrons. The first-order valence-electron chi connectivity index (χ1n) is 7.65. The molecule has 0 spiro atoms. The summed E-state index contributed by atoms with van der Waals surface area (Å²) in [5.41, 5.74) is 4.14. The standard InChI is InChI=1S/C19H18N2O2/c1-3-19(22)14-8-10-15(11-9-14)23-12-18-13(2)20-16-6-4-5-7-17(16)21-18/h4-11H,3,12H2,1-2H3. The molecule has 0 aliphatic rings. The second-order valence-corrected chi connectivity index (χ2v) is 5.33. The van der Waals surface area contributed by atoms with E-state index >= 15 is 0 Å². The van der Waals surface area contributed by atoms with E-state index in [2.05, 4.69) is 9.97 Å². The minimum Gasteiger partial charge on any atom is -0.487 e. The fourth-order valence-corrected chi connectivity index (χ4v) is 2.35. The summed E-state index contributed by atoms with van der Waals surface area (Å²) in [7, 11) is 0. The number of fused-ring (bicyclic) bond motifs is 1. The average Bonchev–Trinajstić information content (AvgIpc) is 2.59. The van der Waals surface area contributed by atoms with Crippen LogP contribution in [0.4, 0.5) is 0 Å². The molecular formula is C19H18N2O2. The van der Waals surface area contributed by atoms with Crippen molar-refractivity contribution < 1.29 is 9.53 Å². The van der Waals surface area contributed by atoms with Gasteiger partial charge < -0.3 is 4.74 Å². The summed E-state index contributed by atoms with van der Waals surface area (Å²) in [5, 5.41) is 0. The molecule has 0 N–H and O–H groups in total. The molecule has 0 amide bonds. The number of benzene rings is 2. The molecule has 116 valence electrons. The summed E-state index contributed by atoms with van der Waals surface area (Å²) in [6.45, 7) is 4.14. The van der Waals surface area contributed by atoms with Crippen LogP contribution in [0.1, 0.15) is 35.1 Å². The summed E-state index contributed by atoms with van der Waals surface area (Å²) >= 11 is 0. The Morgan fingerprint density at radius 1 is 1.00 bits per heavy atom. The molecule has 0 saturated heterocycles. The number of rotatable bonds is 5. The molecule has 23 heavy (non-hydrogen) atoms. The van der Waals surface area contributed by atoms with Crippen molar-refractivity contribution in [1.82, 2.24) is 9.97 Å². The highest BCUT2D eigenvalue weighted by molar-refractivity contribution is 5.95. The van der Waals surface area contributed by atoms with Gasteiger partial charge in [-0.3, -0.25) is 4.79 Å². The summed E-state index contributed by atoms with van der Waals surface area (Å²) in [6, 6.07) is 15.0. The van der Waals surface area contributed by atoms with Gasteiger partial charge in [0.15, 0.2) is 5.78 Å². The van der Waals surface area contributed by atoms with Gasteiger partial charge in [-0.05, 0) is 43.3 Å². The number of aromatic nitrogens is 2.